The third-order valence-electron chi connectivity index (χ3n) is 4.88. The summed E-state index contributed by atoms with van der Waals surface area (Å²) in [5.74, 6) is -1.39. The van der Waals surface area contributed by atoms with Gasteiger partial charge in [-0.25, -0.2) is 4.98 Å². The molecule has 1 amide bonds. The lowest BCUT2D eigenvalue weighted by molar-refractivity contribution is -0.143. The number of nitrogens with zero attached hydrogens (tertiary/aromatic N) is 3. The van der Waals surface area contributed by atoms with Crippen LogP contribution >= 0.6 is 11.3 Å². The summed E-state index contributed by atoms with van der Waals surface area (Å²) in [5, 5.41) is 9.23. The van der Waals surface area contributed by atoms with Crippen molar-refractivity contribution in [3.63, 3.8) is 0 Å². The summed E-state index contributed by atoms with van der Waals surface area (Å²) in [5.41, 5.74) is 2.76. The number of hydrogen-bond donors (Lipinski definition) is 1. The Kier molecular flexibility index (Phi) is 4.24. The van der Waals surface area contributed by atoms with Gasteiger partial charge in [-0.3, -0.25) is 14.0 Å². The van der Waals surface area contributed by atoms with Crippen LogP contribution < -0.4 is 0 Å². The second-order valence-electron chi connectivity index (χ2n) is 6.59. The summed E-state index contributed by atoms with van der Waals surface area (Å²) in [6.45, 7) is 2.80. The number of carbonyl (C=O) groups is 2. The Morgan fingerprint density at radius 3 is 2.73 bits per heavy atom. The van der Waals surface area contributed by atoms with E-state index in [-0.39, 0.29) is 12.5 Å². The van der Waals surface area contributed by atoms with Gasteiger partial charge in [-0.1, -0.05) is 41.7 Å². The molecule has 0 spiro atoms. The highest BCUT2D eigenvalue weighted by Gasteiger charge is 2.30. The molecule has 1 saturated heterocycles. The molecule has 1 N–H and O–H groups in total. The fourth-order valence-electron chi connectivity index (χ4n) is 3.40. The second-order valence-corrected chi connectivity index (χ2v) is 7.57. The maximum atomic E-state index is 12.9. The van der Waals surface area contributed by atoms with Crippen molar-refractivity contribution in [1.29, 1.82) is 0 Å². The number of amides is 1. The molecule has 4 rings (SSSR count). The minimum Gasteiger partial charge on any atom is -0.481 e. The molecule has 0 bridgehead atoms. The molecule has 134 valence electrons. The number of benzene rings is 1. The largest absolute Gasteiger partial charge is 0.481 e. The van der Waals surface area contributed by atoms with Crippen molar-refractivity contribution in [1.82, 2.24) is 14.3 Å². The molecule has 26 heavy (non-hydrogen) atoms. The highest BCUT2D eigenvalue weighted by atomic mass is 32.1. The molecule has 0 radical (unpaired) electrons. The lowest BCUT2D eigenvalue weighted by Crippen LogP contribution is -2.42. The molecule has 0 aliphatic carbocycles. The van der Waals surface area contributed by atoms with Gasteiger partial charge < -0.3 is 10.0 Å². The highest BCUT2D eigenvalue weighted by molar-refractivity contribution is 7.19. The Hall–Kier alpha value is -2.67. The number of carboxylic acid groups (broad SMARTS) is 1. The minimum absolute atomic E-state index is 0.0924. The maximum Gasteiger partial charge on any atom is 0.308 e. The van der Waals surface area contributed by atoms with Gasteiger partial charge in [-0.05, 0) is 19.8 Å². The Morgan fingerprint density at radius 1 is 1.27 bits per heavy atom. The Bertz CT molecular complexity index is 977. The third-order valence-corrected chi connectivity index (χ3v) is 6.02. The number of hydrogen-bond acceptors (Lipinski definition) is 4. The fourth-order valence-corrected chi connectivity index (χ4v) is 4.48. The third kappa shape index (κ3) is 2.88. The van der Waals surface area contributed by atoms with E-state index in [1.807, 2.05) is 47.9 Å². The topological polar surface area (TPSA) is 74.9 Å². The van der Waals surface area contributed by atoms with Crippen LogP contribution in [0.3, 0.4) is 0 Å². The number of aliphatic carboxylic acids is 1. The van der Waals surface area contributed by atoms with E-state index in [1.165, 1.54) is 11.3 Å². The number of carboxylic acids is 1. The summed E-state index contributed by atoms with van der Waals surface area (Å²) in [4.78, 5) is 31.9. The summed E-state index contributed by atoms with van der Waals surface area (Å²) in [7, 11) is 0. The van der Waals surface area contributed by atoms with E-state index in [2.05, 4.69) is 4.98 Å². The van der Waals surface area contributed by atoms with Crippen LogP contribution in [-0.4, -0.2) is 44.4 Å². The fraction of sp³-hybridized carbons (Fsp3) is 0.316. The number of carbonyl (C=O) groups excluding carboxylic acids is 1. The van der Waals surface area contributed by atoms with Crippen molar-refractivity contribution in [3.05, 3.63) is 47.1 Å². The molecular formula is C19H19N3O3S. The van der Waals surface area contributed by atoms with Crippen molar-refractivity contribution in [3.8, 4) is 11.3 Å². The molecule has 0 saturated carbocycles. The zero-order valence-corrected chi connectivity index (χ0v) is 15.2. The SMILES string of the molecule is Cc1c(C(=O)N2CCCC(C(=O)O)C2)sc2nc(-c3ccccc3)cn12. The molecule has 3 aromatic rings. The molecule has 1 atom stereocenters. The molecule has 1 aliphatic rings. The predicted octanol–water partition coefficient (Wildman–Crippen LogP) is 3.31. The summed E-state index contributed by atoms with van der Waals surface area (Å²) in [6, 6.07) is 9.92. The van der Waals surface area contributed by atoms with E-state index in [0.29, 0.717) is 17.8 Å². The van der Waals surface area contributed by atoms with Gasteiger partial charge in [0.25, 0.3) is 5.91 Å². The Labute approximate surface area is 154 Å². The zero-order valence-electron chi connectivity index (χ0n) is 14.4. The number of fused-ring (bicyclic) bond motifs is 1. The molecule has 1 unspecified atom stereocenters. The van der Waals surface area contributed by atoms with E-state index in [9.17, 15) is 14.7 Å². The lowest BCUT2D eigenvalue weighted by Gasteiger charge is -2.30. The number of thiazole rings is 1. The van der Waals surface area contributed by atoms with Crippen molar-refractivity contribution in [2.24, 2.45) is 5.92 Å². The summed E-state index contributed by atoms with van der Waals surface area (Å²) >= 11 is 1.36. The maximum absolute atomic E-state index is 12.9. The Balaban J connectivity index is 1.63. The first-order chi connectivity index (χ1) is 12.5. The quantitative estimate of drug-likeness (QED) is 0.769. The second kappa shape index (κ2) is 6.57. The van der Waals surface area contributed by atoms with Crippen LogP contribution in [0.4, 0.5) is 0 Å². The van der Waals surface area contributed by atoms with Crippen molar-refractivity contribution in [2.45, 2.75) is 19.8 Å². The zero-order chi connectivity index (χ0) is 18.3. The van der Waals surface area contributed by atoms with E-state index in [4.69, 9.17) is 0 Å². The number of aryl methyl sites for hydroxylation is 1. The van der Waals surface area contributed by atoms with E-state index < -0.39 is 11.9 Å². The first kappa shape index (κ1) is 16.8. The van der Waals surface area contributed by atoms with Gasteiger partial charge in [-0.2, -0.15) is 0 Å². The predicted molar refractivity (Wildman–Crippen MR) is 99.5 cm³/mol. The first-order valence-electron chi connectivity index (χ1n) is 8.60. The molecule has 7 heteroatoms. The van der Waals surface area contributed by atoms with E-state index in [0.717, 1.165) is 28.3 Å². The van der Waals surface area contributed by atoms with Crippen LogP contribution in [0.25, 0.3) is 16.2 Å². The summed E-state index contributed by atoms with van der Waals surface area (Å²) < 4.78 is 1.94. The minimum atomic E-state index is -0.826. The number of piperidine rings is 1. The molecule has 3 heterocycles. The monoisotopic (exact) mass is 369 g/mol. The number of rotatable bonds is 3. The van der Waals surface area contributed by atoms with Gasteiger partial charge in [0, 0.05) is 30.5 Å². The standard InChI is InChI=1S/C19H19N3O3S/c1-12-16(17(23)21-9-5-8-14(10-21)18(24)25)26-19-20-15(11-22(12)19)13-6-3-2-4-7-13/h2-4,6-7,11,14H,5,8-10H2,1H3,(H,24,25). The van der Waals surface area contributed by atoms with Crippen molar-refractivity contribution in [2.75, 3.05) is 13.1 Å². The molecular weight excluding hydrogens is 350 g/mol. The van der Waals surface area contributed by atoms with Crippen LogP contribution in [0, 0.1) is 12.8 Å². The Morgan fingerprint density at radius 2 is 2.04 bits per heavy atom. The average Bonchev–Trinajstić information content (AvgIpc) is 3.21. The van der Waals surface area contributed by atoms with Gasteiger partial charge in [0.05, 0.1) is 11.6 Å². The molecule has 6 nitrogen and oxygen atoms in total. The highest BCUT2D eigenvalue weighted by Crippen LogP contribution is 2.29. The first-order valence-corrected chi connectivity index (χ1v) is 9.42. The number of imidazole rings is 1. The smallest absolute Gasteiger partial charge is 0.308 e. The van der Waals surface area contributed by atoms with Crippen LogP contribution in [0.5, 0.6) is 0 Å². The summed E-state index contributed by atoms with van der Waals surface area (Å²) in [6.07, 6.45) is 3.30. The lowest BCUT2D eigenvalue weighted by atomic mass is 9.98. The van der Waals surface area contributed by atoms with Crippen molar-refractivity contribution >= 4 is 28.2 Å². The van der Waals surface area contributed by atoms with Gasteiger partial charge in [0.2, 0.25) is 0 Å². The number of aromatic nitrogens is 2. The van der Waals surface area contributed by atoms with E-state index >= 15 is 0 Å². The molecule has 1 aliphatic heterocycles. The molecule has 2 aromatic heterocycles. The molecule has 1 fully saturated rings. The van der Waals surface area contributed by atoms with Gasteiger partial charge in [0.15, 0.2) is 4.96 Å². The van der Waals surface area contributed by atoms with Crippen LogP contribution in [-0.2, 0) is 4.79 Å². The van der Waals surface area contributed by atoms with Crippen LogP contribution in [0.15, 0.2) is 36.5 Å². The molecule has 1 aromatic carbocycles. The van der Waals surface area contributed by atoms with Gasteiger partial charge >= 0.3 is 5.97 Å². The van der Waals surface area contributed by atoms with Crippen LogP contribution in [0.1, 0.15) is 28.2 Å². The van der Waals surface area contributed by atoms with Gasteiger partial charge in [-0.15, -0.1) is 0 Å². The van der Waals surface area contributed by atoms with Gasteiger partial charge in [0.1, 0.15) is 4.88 Å². The van der Waals surface area contributed by atoms with E-state index in [1.54, 1.807) is 4.90 Å². The van der Waals surface area contributed by atoms with Crippen LogP contribution in [0.2, 0.25) is 0 Å². The normalized spacial score (nSPS) is 17.6. The van der Waals surface area contributed by atoms with Crippen molar-refractivity contribution < 1.29 is 14.7 Å². The average molecular weight is 369 g/mol. The number of likely N-dealkylation sites (tertiary alicyclic amines) is 1.